The minimum Gasteiger partial charge on any atom is -0.381 e. The molecule has 1 amide bonds. The monoisotopic (exact) mass is 415 g/mol. The molecule has 0 heterocycles. The summed E-state index contributed by atoms with van der Waals surface area (Å²) in [5, 5.41) is 0. The number of hydrogen-bond acceptors (Lipinski definition) is 2. The second-order valence-corrected chi connectivity index (χ2v) is 12.8. The van der Waals surface area contributed by atoms with Crippen molar-refractivity contribution >= 4 is 5.91 Å². The Hall–Kier alpha value is -0.570. The lowest BCUT2D eigenvalue weighted by atomic mass is 9.45. The third-order valence-corrected chi connectivity index (χ3v) is 11.9. The van der Waals surface area contributed by atoms with E-state index in [4.69, 9.17) is 4.74 Å². The molecule has 0 saturated heterocycles. The van der Waals surface area contributed by atoms with Crippen molar-refractivity contribution in [1.82, 2.24) is 4.90 Å². The van der Waals surface area contributed by atoms with Gasteiger partial charge in [0.05, 0.1) is 6.10 Å². The number of carbonyl (C=O) groups is 1. The lowest BCUT2D eigenvalue weighted by molar-refractivity contribution is -0.161. The van der Waals surface area contributed by atoms with Crippen LogP contribution in [0.25, 0.3) is 0 Å². The molecular weight excluding hydrogens is 370 g/mol. The molecule has 5 rings (SSSR count). The predicted molar refractivity (Wildman–Crippen MR) is 121 cm³/mol. The molecule has 5 fully saturated rings. The van der Waals surface area contributed by atoms with E-state index in [1.807, 2.05) is 21.2 Å². The predicted octanol–water partition coefficient (Wildman–Crippen LogP) is 5.77. The summed E-state index contributed by atoms with van der Waals surface area (Å²) in [4.78, 5) is 13.9. The average Bonchev–Trinajstić information content (AvgIpc) is 3.22. The number of ether oxygens (including phenoxy) is 1. The minimum atomic E-state index is 0.291. The third-order valence-electron chi connectivity index (χ3n) is 11.9. The van der Waals surface area contributed by atoms with E-state index in [1.54, 1.807) is 4.90 Å². The summed E-state index contributed by atoms with van der Waals surface area (Å²) >= 11 is 0. The number of amides is 1. The molecule has 3 heteroatoms. The molecule has 0 aliphatic heterocycles. The quantitative estimate of drug-likeness (QED) is 0.570. The first kappa shape index (κ1) is 21.3. The van der Waals surface area contributed by atoms with Gasteiger partial charge in [-0.1, -0.05) is 20.8 Å². The molecular formula is C27H45NO2. The van der Waals surface area contributed by atoms with Crippen LogP contribution in [0.5, 0.6) is 0 Å². The van der Waals surface area contributed by atoms with Gasteiger partial charge in [0, 0.05) is 33.0 Å². The van der Waals surface area contributed by atoms with Gasteiger partial charge in [-0.2, -0.15) is 0 Å². The summed E-state index contributed by atoms with van der Waals surface area (Å²) in [6, 6.07) is 0. The van der Waals surface area contributed by atoms with Crippen LogP contribution < -0.4 is 0 Å². The normalized spacial score (nSPS) is 52.1. The summed E-state index contributed by atoms with van der Waals surface area (Å²) in [6.07, 6.45) is 13.6. The number of carbonyl (C=O) groups excluding carboxylic acids is 1. The van der Waals surface area contributed by atoms with Gasteiger partial charge in [-0.05, 0) is 104 Å². The Morgan fingerprint density at radius 2 is 1.87 bits per heavy atom. The van der Waals surface area contributed by atoms with Crippen molar-refractivity contribution < 1.29 is 9.53 Å². The molecule has 170 valence electrons. The summed E-state index contributed by atoms with van der Waals surface area (Å²) < 4.78 is 6.26. The van der Waals surface area contributed by atoms with Gasteiger partial charge in [0.1, 0.15) is 0 Å². The van der Waals surface area contributed by atoms with Crippen molar-refractivity contribution in [2.24, 2.45) is 51.8 Å². The Bertz CT molecular complexity index is 705. The van der Waals surface area contributed by atoms with E-state index in [2.05, 4.69) is 20.8 Å². The van der Waals surface area contributed by atoms with Gasteiger partial charge in [-0.15, -0.1) is 0 Å². The minimum absolute atomic E-state index is 0.291. The fraction of sp³-hybridized carbons (Fsp3) is 0.963. The van der Waals surface area contributed by atoms with Crippen LogP contribution in [0.4, 0.5) is 0 Å². The Morgan fingerprint density at radius 3 is 2.53 bits per heavy atom. The van der Waals surface area contributed by atoms with Gasteiger partial charge in [-0.25, -0.2) is 0 Å². The van der Waals surface area contributed by atoms with Gasteiger partial charge in [-0.3, -0.25) is 4.79 Å². The average molecular weight is 416 g/mol. The Morgan fingerprint density at radius 1 is 1.10 bits per heavy atom. The second kappa shape index (κ2) is 6.96. The van der Waals surface area contributed by atoms with Crippen LogP contribution >= 0.6 is 0 Å². The van der Waals surface area contributed by atoms with Crippen LogP contribution in [-0.4, -0.2) is 38.1 Å². The highest BCUT2D eigenvalue weighted by atomic mass is 16.5. The van der Waals surface area contributed by atoms with Crippen LogP contribution in [-0.2, 0) is 9.53 Å². The topological polar surface area (TPSA) is 29.5 Å². The summed E-state index contributed by atoms with van der Waals surface area (Å²) in [6.45, 7) is 7.75. The lowest BCUT2D eigenvalue weighted by Gasteiger charge is -2.61. The van der Waals surface area contributed by atoms with Crippen LogP contribution in [0.1, 0.15) is 85.0 Å². The van der Waals surface area contributed by atoms with Crippen LogP contribution in [0, 0.1) is 51.8 Å². The van der Waals surface area contributed by atoms with Gasteiger partial charge in [0.15, 0.2) is 0 Å². The number of nitrogens with zero attached hydrogens (tertiary/aromatic N) is 1. The zero-order valence-electron chi connectivity index (χ0n) is 20.4. The Labute approximate surface area is 184 Å². The van der Waals surface area contributed by atoms with E-state index in [1.165, 1.54) is 51.4 Å². The maximum atomic E-state index is 12.2. The van der Waals surface area contributed by atoms with E-state index >= 15 is 0 Å². The summed E-state index contributed by atoms with van der Waals surface area (Å²) in [5.41, 5.74) is 1.54. The van der Waals surface area contributed by atoms with E-state index < -0.39 is 0 Å². The van der Waals surface area contributed by atoms with Crippen molar-refractivity contribution in [2.45, 2.75) is 91.1 Å². The number of fused-ring (bicyclic) bond motifs is 4. The first-order valence-electron chi connectivity index (χ1n) is 12.9. The molecule has 10 atom stereocenters. The van der Waals surface area contributed by atoms with E-state index in [0.717, 1.165) is 36.0 Å². The highest BCUT2D eigenvalue weighted by Crippen LogP contribution is 2.82. The molecule has 3 nitrogen and oxygen atoms in total. The number of hydrogen-bond donors (Lipinski definition) is 0. The van der Waals surface area contributed by atoms with Crippen molar-refractivity contribution in [3.05, 3.63) is 0 Å². The van der Waals surface area contributed by atoms with Crippen LogP contribution in [0.3, 0.4) is 0 Å². The van der Waals surface area contributed by atoms with Gasteiger partial charge < -0.3 is 9.64 Å². The molecule has 0 bridgehead atoms. The molecule has 1 spiro atoms. The zero-order valence-corrected chi connectivity index (χ0v) is 20.4. The molecule has 0 N–H and O–H groups in total. The summed E-state index contributed by atoms with van der Waals surface area (Å²) in [7, 11) is 5.77. The molecule has 5 aliphatic rings. The van der Waals surface area contributed by atoms with Crippen molar-refractivity contribution in [3.8, 4) is 0 Å². The largest absolute Gasteiger partial charge is 0.381 e. The molecule has 0 radical (unpaired) electrons. The van der Waals surface area contributed by atoms with Gasteiger partial charge in [0.25, 0.3) is 0 Å². The molecule has 0 aromatic rings. The van der Waals surface area contributed by atoms with Gasteiger partial charge >= 0.3 is 0 Å². The Kier molecular flexibility index (Phi) is 4.94. The standard InChI is InChI=1S/C27H45NO2/c1-17(7-10-24(29)28(4)5)20-8-9-21-19-15-23(30-6)27-16-18(27)11-14-26(27,3)22(19)12-13-25(20,21)2/h17-23H,7-16H2,1-6H3/t17-,18-,19+,20-,21+,22+,23-,25-,26-,27+/m1/s1. The second-order valence-electron chi connectivity index (χ2n) is 12.8. The molecule has 5 aliphatic carbocycles. The van der Waals surface area contributed by atoms with Gasteiger partial charge in [0.2, 0.25) is 5.91 Å². The molecule has 30 heavy (non-hydrogen) atoms. The van der Waals surface area contributed by atoms with Crippen molar-refractivity contribution in [2.75, 3.05) is 21.2 Å². The van der Waals surface area contributed by atoms with E-state index in [9.17, 15) is 4.79 Å². The lowest BCUT2D eigenvalue weighted by Crippen LogP contribution is -2.57. The highest BCUT2D eigenvalue weighted by molar-refractivity contribution is 5.75. The number of methoxy groups -OCH3 is 1. The maximum Gasteiger partial charge on any atom is 0.222 e. The van der Waals surface area contributed by atoms with E-state index in [0.29, 0.717) is 40.6 Å². The van der Waals surface area contributed by atoms with E-state index in [-0.39, 0.29) is 0 Å². The van der Waals surface area contributed by atoms with Crippen molar-refractivity contribution in [3.63, 3.8) is 0 Å². The van der Waals surface area contributed by atoms with Crippen LogP contribution in [0.2, 0.25) is 0 Å². The Balaban J connectivity index is 1.35. The molecule has 0 aromatic heterocycles. The molecule has 5 saturated carbocycles. The summed E-state index contributed by atoms with van der Waals surface area (Å²) in [5.74, 6) is 5.37. The highest BCUT2D eigenvalue weighted by Gasteiger charge is 2.77. The fourth-order valence-electron chi connectivity index (χ4n) is 10.3. The maximum absolute atomic E-state index is 12.2. The smallest absolute Gasteiger partial charge is 0.222 e. The fourth-order valence-corrected chi connectivity index (χ4v) is 10.3. The third kappa shape index (κ3) is 2.63. The number of rotatable bonds is 5. The SMILES string of the molecule is CO[C@@H]1C[C@H]2[C@@H]3CC[C@H]([C@H](C)CCC(=O)N(C)C)[C@@]3(C)CC[C@@H]2[C@@]2(C)CC[C@@H]3C[C@]312. The first-order valence-corrected chi connectivity index (χ1v) is 12.9. The molecule has 0 unspecified atom stereocenters. The van der Waals surface area contributed by atoms with Crippen LogP contribution in [0.15, 0.2) is 0 Å². The first-order chi connectivity index (χ1) is 14.2. The zero-order chi connectivity index (χ0) is 21.5. The van der Waals surface area contributed by atoms with Crippen molar-refractivity contribution in [1.29, 1.82) is 0 Å². The molecule has 0 aromatic carbocycles.